The summed E-state index contributed by atoms with van der Waals surface area (Å²) < 4.78 is 18.5. The molecular weight excluding hydrogens is 383 g/mol. The molecule has 1 heterocycles. The maximum absolute atomic E-state index is 13.3. The van der Waals surface area contributed by atoms with Gasteiger partial charge in [-0.25, -0.2) is 4.39 Å². The highest BCUT2D eigenvalue weighted by atomic mass is 35.5. The second kappa shape index (κ2) is 8.44. The summed E-state index contributed by atoms with van der Waals surface area (Å²) in [5, 5.41) is 5.94. The summed E-state index contributed by atoms with van der Waals surface area (Å²) >= 11 is 6.17. The summed E-state index contributed by atoms with van der Waals surface area (Å²) in [6.07, 6.45) is 2.18. The molecule has 0 aromatic heterocycles. The van der Waals surface area contributed by atoms with E-state index in [0.717, 1.165) is 5.56 Å². The van der Waals surface area contributed by atoms with Gasteiger partial charge in [0.1, 0.15) is 11.6 Å². The van der Waals surface area contributed by atoms with Gasteiger partial charge in [-0.15, -0.1) is 0 Å². The first-order chi connectivity index (χ1) is 13.4. The molecule has 7 heteroatoms. The van der Waals surface area contributed by atoms with Gasteiger partial charge in [0.15, 0.2) is 0 Å². The molecule has 1 aliphatic rings. The van der Waals surface area contributed by atoms with E-state index < -0.39 is 5.92 Å². The van der Waals surface area contributed by atoms with E-state index in [4.69, 9.17) is 16.3 Å². The zero-order chi connectivity index (χ0) is 20.3. The van der Waals surface area contributed by atoms with Crippen LogP contribution < -0.4 is 15.4 Å². The Bertz CT molecular complexity index is 941. The largest absolute Gasteiger partial charge is 0.495 e. The van der Waals surface area contributed by atoms with Gasteiger partial charge in [-0.05, 0) is 35.7 Å². The molecule has 1 aliphatic heterocycles. The predicted octanol–water partition coefficient (Wildman–Crippen LogP) is 4.18. The average molecular weight is 403 g/mol. The summed E-state index contributed by atoms with van der Waals surface area (Å²) in [4.78, 5) is 24.9. The Morgan fingerprint density at radius 1 is 1.32 bits per heavy atom. The lowest BCUT2D eigenvalue weighted by molar-refractivity contribution is -0.121. The van der Waals surface area contributed by atoms with E-state index in [1.54, 1.807) is 24.3 Å². The van der Waals surface area contributed by atoms with Gasteiger partial charge in [0.25, 0.3) is 5.91 Å². The Hall–Kier alpha value is -2.86. The number of aryl methyl sites for hydroxylation is 1. The second-order valence-corrected chi connectivity index (χ2v) is 6.83. The van der Waals surface area contributed by atoms with Gasteiger partial charge in [0, 0.05) is 35.9 Å². The average Bonchev–Trinajstić information content (AvgIpc) is 2.69. The number of carbonyl (C=O) groups excluding carboxylic acids is 2. The van der Waals surface area contributed by atoms with Gasteiger partial charge in [0.2, 0.25) is 5.91 Å². The van der Waals surface area contributed by atoms with Gasteiger partial charge in [0.05, 0.1) is 12.1 Å². The van der Waals surface area contributed by atoms with Crippen LogP contribution in [-0.4, -0.2) is 18.9 Å². The Morgan fingerprint density at radius 3 is 2.68 bits per heavy atom. The zero-order valence-electron chi connectivity index (χ0n) is 15.5. The van der Waals surface area contributed by atoms with Crippen molar-refractivity contribution in [2.45, 2.75) is 25.7 Å². The third-order valence-electron chi connectivity index (χ3n) is 4.69. The number of nitrogens with one attached hydrogen (secondary N) is 2. The minimum atomic E-state index is -0.464. The molecule has 0 bridgehead atoms. The third-order valence-corrected chi connectivity index (χ3v) is 4.99. The number of halogens is 2. The highest BCUT2D eigenvalue weighted by molar-refractivity contribution is 6.32. The first kappa shape index (κ1) is 19.9. The number of hydrogen-bond acceptors (Lipinski definition) is 3. The van der Waals surface area contributed by atoms with Crippen LogP contribution in [0, 0.1) is 5.82 Å². The minimum absolute atomic E-state index is 0.107. The van der Waals surface area contributed by atoms with Crippen LogP contribution >= 0.6 is 11.6 Å². The fraction of sp³-hybridized carbons (Fsp3) is 0.238. The molecule has 2 amide bonds. The van der Waals surface area contributed by atoms with Crippen LogP contribution in [0.1, 0.15) is 30.4 Å². The molecule has 0 spiro atoms. The molecule has 2 aromatic carbocycles. The van der Waals surface area contributed by atoms with Crippen molar-refractivity contribution in [3.8, 4) is 5.75 Å². The van der Waals surface area contributed by atoms with Crippen LogP contribution in [0.15, 0.2) is 48.2 Å². The molecule has 2 N–H and O–H groups in total. The Morgan fingerprint density at radius 2 is 2.04 bits per heavy atom. The lowest BCUT2D eigenvalue weighted by Gasteiger charge is -2.24. The van der Waals surface area contributed by atoms with Gasteiger partial charge in [-0.1, -0.05) is 30.7 Å². The molecule has 0 aliphatic carbocycles. The zero-order valence-corrected chi connectivity index (χ0v) is 16.3. The van der Waals surface area contributed by atoms with E-state index in [1.165, 1.54) is 25.4 Å². The van der Waals surface area contributed by atoms with Crippen molar-refractivity contribution in [2.75, 3.05) is 12.4 Å². The number of benzene rings is 2. The third kappa shape index (κ3) is 4.17. The quantitative estimate of drug-likeness (QED) is 0.788. The fourth-order valence-corrected chi connectivity index (χ4v) is 3.45. The summed E-state index contributed by atoms with van der Waals surface area (Å²) in [7, 11) is 1.50. The summed E-state index contributed by atoms with van der Waals surface area (Å²) in [5.74, 6) is -0.940. The van der Waals surface area contributed by atoms with E-state index in [0.29, 0.717) is 34.0 Å². The molecule has 1 atom stereocenters. The van der Waals surface area contributed by atoms with E-state index in [-0.39, 0.29) is 24.1 Å². The molecular formula is C21H20ClFN2O3. The van der Waals surface area contributed by atoms with Crippen molar-refractivity contribution >= 4 is 29.1 Å². The number of anilines is 1. The van der Waals surface area contributed by atoms with Crippen LogP contribution in [0.5, 0.6) is 5.75 Å². The van der Waals surface area contributed by atoms with Gasteiger partial charge in [-0.2, -0.15) is 0 Å². The molecule has 0 saturated carbocycles. The number of ether oxygens (including phenoxy) is 1. The van der Waals surface area contributed by atoms with Crippen molar-refractivity contribution in [3.63, 3.8) is 0 Å². The fourth-order valence-electron chi connectivity index (χ4n) is 3.18. The number of hydrogen-bond donors (Lipinski definition) is 2. The number of carbonyl (C=O) groups is 2. The summed E-state index contributed by atoms with van der Waals surface area (Å²) in [5.41, 5.74) is 2.53. The van der Waals surface area contributed by atoms with E-state index >= 15 is 0 Å². The Kier molecular flexibility index (Phi) is 5.99. The topological polar surface area (TPSA) is 67.4 Å². The number of rotatable bonds is 5. The van der Waals surface area contributed by atoms with Crippen molar-refractivity contribution in [2.24, 2.45) is 0 Å². The Labute approximate surface area is 167 Å². The maximum atomic E-state index is 13.3. The van der Waals surface area contributed by atoms with Crippen LogP contribution in [0.4, 0.5) is 10.1 Å². The first-order valence-corrected chi connectivity index (χ1v) is 9.23. The first-order valence-electron chi connectivity index (χ1n) is 8.85. The minimum Gasteiger partial charge on any atom is -0.495 e. The van der Waals surface area contributed by atoms with Crippen molar-refractivity contribution in [1.82, 2.24) is 5.32 Å². The van der Waals surface area contributed by atoms with Crippen molar-refractivity contribution in [3.05, 3.63) is 70.1 Å². The van der Waals surface area contributed by atoms with Crippen LogP contribution in [0.2, 0.25) is 5.02 Å². The van der Waals surface area contributed by atoms with Crippen LogP contribution in [0.3, 0.4) is 0 Å². The molecule has 0 radical (unpaired) electrons. The van der Waals surface area contributed by atoms with Crippen molar-refractivity contribution in [1.29, 1.82) is 0 Å². The summed E-state index contributed by atoms with van der Waals surface area (Å²) in [6.45, 7) is 1.95. The van der Waals surface area contributed by atoms with Gasteiger partial charge in [-0.3, -0.25) is 9.59 Å². The normalized spacial score (nSPS) is 16.2. The molecule has 0 fully saturated rings. The predicted molar refractivity (Wildman–Crippen MR) is 106 cm³/mol. The van der Waals surface area contributed by atoms with Gasteiger partial charge >= 0.3 is 0 Å². The molecule has 1 unspecified atom stereocenters. The second-order valence-electron chi connectivity index (χ2n) is 6.43. The van der Waals surface area contributed by atoms with E-state index in [1.807, 2.05) is 6.92 Å². The monoisotopic (exact) mass is 402 g/mol. The molecule has 3 rings (SSSR count). The SMILES string of the molecule is CCc1cc(Cl)c(OC)cc1NC(=O)C1=CNC(=O)CC1c1ccc(F)cc1. The highest BCUT2D eigenvalue weighted by Crippen LogP contribution is 2.34. The van der Waals surface area contributed by atoms with Crippen LogP contribution in [-0.2, 0) is 16.0 Å². The summed E-state index contributed by atoms with van der Waals surface area (Å²) in [6, 6.07) is 9.23. The van der Waals surface area contributed by atoms with E-state index in [9.17, 15) is 14.0 Å². The molecule has 0 saturated heterocycles. The number of methoxy groups -OCH3 is 1. The standard InChI is InChI=1S/C21H20ClFN2O3/c1-3-12-8-17(22)19(28-2)10-18(12)25-21(27)16-11-24-20(26)9-15(16)13-4-6-14(23)7-5-13/h4-8,10-11,15H,3,9H2,1-2H3,(H,24,26)(H,25,27). The number of amides is 2. The molecule has 5 nitrogen and oxygen atoms in total. The molecule has 146 valence electrons. The molecule has 2 aromatic rings. The smallest absolute Gasteiger partial charge is 0.253 e. The lowest BCUT2D eigenvalue weighted by Crippen LogP contribution is -2.32. The maximum Gasteiger partial charge on any atom is 0.253 e. The Balaban J connectivity index is 1.92. The van der Waals surface area contributed by atoms with Crippen LogP contribution in [0.25, 0.3) is 0 Å². The highest BCUT2D eigenvalue weighted by Gasteiger charge is 2.29. The lowest BCUT2D eigenvalue weighted by atomic mass is 9.86. The van der Waals surface area contributed by atoms with E-state index in [2.05, 4.69) is 10.6 Å². The molecule has 28 heavy (non-hydrogen) atoms. The van der Waals surface area contributed by atoms with Crippen molar-refractivity contribution < 1.29 is 18.7 Å². The van der Waals surface area contributed by atoms with Gasteiger partial charge < -0.3 is 15.4 Å².